The van der Waals surface area contributed by atoms with Crippen molar-refractivity contribution >= 4 is 17.3 Å². The molecule has 2 rings (SSSR count). The van der Waals surface area contributed by atoms with Gasteiger partial charge in [0.2, 0.25) is 0 Å². The van der Waals surface area contributed by atoms with Crippen LogP contribution in [0.1, 0.15) is 90.9 Å². The molecule has 0 atom stereocenters. The normalized spacial score (nSPS) is 10.3. The molecular weight excluding hydrogens is 408 g/mol. The summed E-state index contributed by atoms with van der Waals surface area (Å²) in [4.78, 5) is 14.2. The minimum absolute atomic E-state index is 0.0262. The average molecular weight is 439 g/mol. The van der Waals surface area contributed by atoms with E-state index in [-0.39, 0.29) is 16.9 Å². The van der Waals surface area contributed by atoms with Crippen LogP contribution in [-0.2, 0) is 6.42 Å². The van der Waals surface area contributed by atoms with Gasteiger partial charge in [-0.3, -0.25) is 0 Å². The van der Waals surface area contributed by atoms with E-state index >= 15 is 0 Å². The van der Waals surface area contributed by atoms with Gasteiger partial charge >= 0.3 is 5.97 Å². The standard InChI is InChI=1S/C25H30N2O3S/c1-3-5-7-9-11-19-12-15-24(31-19)25(28)30-23-14-13-22(20(17-26)21(23)18-27)29-16-10-8-6-4-2/h12-15H,3-11,16H2,1-2H3. The van der Waals surface area contributed by atoms with E-state index in [0.717, 1.165) is 43.4 Å². The van der Waals surface area contributed by atoms with Crippen LogP contribution >= 0.6 is 11.3 Å². The lowest BCUT2D eigenvalue weighted by molar-refractivity contribution is 0.0739. The molecule has 0 amide bonds. The molecular formula is C25H30N2O3S. The Kier molecular flexibility index (Phi) is 10.6. The van der Waals surface area contributed by atoms with Gasteiger partial charge in [0.15, 0.2) is 5.75 Å². The molecule has 0 aliphatic rings. The fraction of sp³-hybridized carbons (Fsp3) is 0.480. The van der Waals surface area contributed by atoms with Crippen LogP contribution in [0.4, 0.5) is 0 Å². The first kappa shape index (κ1) is 24.4. The number of carbonyl (C=O) groups is 1. The summed E-state index contributed by atoms with van der Waals surface area (Å²) < 4.78 is 11.2. The number of nitriles is 2. The number of hydrogen-bond acceptors (Lipinski definition) is 6. The highest BCUT2D eigenvalue weighted by molar-refractivity contribution is 7.13. The van der Waals surface area contributed by atoms with Crippen molar-refractivity contribution in [3.8, 4) is 23.6 Å². The van der Waals surface area contributed by atoms with Crippen LogP contribution < -0.4 is 9.47 Å². The van der Waals surface area contributed by atoms with Crippen molar-refractivity contribution in [2.24, 2.45) is 0 Å². The smallest absolute Gasteiger partial charge is 0.353 e. The molecule has 2 aromatic rings. The minimum Gasteiger partial charge on any atom is -0.492 e. The minimum atomic E-state index is -0.515. The number of carbonyl (C=O) groups excluding carboxylic acids is 1. The molecule has 6 heteroatoms. The quantitative estimate of drug-likeness (QED) is 0.195. The van der Waals surface area contributed by atoms with Crippen LogP contribution in [0.2, 0.25) is 0 Å². The summed E-state index contributed by atoms with van der Waals surface area (Å²) in [7, 11) is 0. The fourth-order valence-electron chi connectivity index (χ4n) is 3.20. The molecule has 1 aromatic heterocycles. The molecule has 0 N–H and O–H groups in total. The number of rotatable bonds is 13. The van der Waals surface area contributed by atoms with Crippen molar-refractivity contribution in [1.29, 1.82) is 10.5 Å². The van der Waals surface area contributed by atoms with E-state index in [4.69, 9.17) is 9.47 Å². The highest BCUT2D eigenvalue weighted by atomic mass is 32.1. The van der Waals surface area contributed by atoms with E-state index in [0.29, 0.717) is 17.2 Å². The van der Waals surface area contributed by atoms with Gasteiger partial charge < -0.3 is 9.47 Å². The topological polar surface area (TPSA) is 83.1 Å². The van der Waals surface area contributed by atoms with Crippen LogP contribution in [0.25, 0.3) is 0 Å². The first-order valence-corrected chi connectivity index (χ1v) is 11.9. The molecule has 1 heterocycles. The SMILES string of the molecule is CCCCCCOc1ccc(OC(=O)c2ccc(CCCCCC)s2)c(C#N)c1C#N. The molecule has 0 fully saturated rings. The van der Waals surface area contributed by atoms with Crippen LogP contribution in [0, 0.1) is 22.7 Å². The Morgan fingerprint density at radius 3 is 2.19 bits per heavy atom. The number of unbranched alkanes of at least 4 members (excludes halogenated alkanes) is 6. The Morgan fingerprint density at radius 1 is 0.871 bits per heavy atom. The summed E-state index contributed by atoms with van der Waals surface area (Å²) >= 11 is 1.42. The number of ether oxygens (including phenoxy) is 2. The van der Waals surface area contributed by atoms with Crippen LogP contribution in [-0.4, -0.2) is 12.6 Å². The van der Waals surface area contributed by atoms with Gasteiger partial charge in [0.1, 0.15) is 33.9 Å². The van der Waals surface area contributed by atoms with E-state index in [1.165, 1.54) is 36.7 Å². The number of benzene rings is 1. The highest BCUT2D eigenvalue weighted by Gasteiger charge is 2.19. The number of esters is 1. The zero-order valence-electron chi connectivity index (χ0n) is 18.4. The summed E-state index contributed by atoms with van der Waals surface area (Å²) in [5, 5.41) is 19.1. The van der Waals surface area contributed by atoms with Gasteiger partial charge in [0.05, 0.1) is 6.61 Å². The molecule has 5 nitrogen and oxygen atoms in total. The van der Waals surface area contributed by atoms with Gasteiger partial charge in [-0.1, -0.05) is 52.4 Å². The third-order valence-corrected chi connectivity index (χ3v) is 6.08. The molecule has 31 heavy (non-hydrogen) atoms. The Hall–Kier alpha value is -2.83. The number of hydrogen-bond donors (Lipinski definition) is 0. The number of thiophene rings is 1. The van der Waals surface area contributed by atoms with Gasteiger partial charge in [-0.25, -0.2) is 4.79 Å². The molecule has 0 saturated heterocycles. The monoisotopic (exact) mass is 438 g/mol. The average Bonchev–Trinajstić information content (AvgIpc) is 3.26. The van der Waals surface area contributed by atoms with Crippen molar-refractivity contribution in [2.45, 2.75) is 71.6 Å². The van der Waals surface area contributed by atoms with E-state index in [1.54, 1.807) is 12.1 Å². The Morgan fingerprint density at radius 2 is 1.52 bits per heavy atom. The summed E-state index contributed by atoms with van der Waals surface area (Å²) in [6.45, 7) is 4.80. The fourth-order valence-corrected chi connectivity index (χ4v) is 4.13. The van der Waals surface area contributed by atoms with Gasteiger partial charge in [-0.15, -0.1) is 11.3 Å². The summed E-state index contributed by atoms with van der Waals surface area (Å²) in [5.41, 5.74) is 0.129. The molecule has 1 aromatic carbocycles. The first-order valence-electron chi connectivity index (χ1n) is 11.0. The van der Waals surface area contributed by atoms with Crippen molar-refractivity contribution in [1.82, 2.24) is 0 Å². The lowest BCUT2D eigenvalue weighted by atomic mass is 10.1. The molecule has 164 valence electrons. The third-order valence-electron chi connectivity index (χ3n) is 4.95. The summed E-state index contributed by atoms with van der Waals surface area (Å²) in [6, 6.07) is 10.8. The number of nitrogens with zero attached hydrogens (tertiary/aromatic N) is 2. The first-order chi connectivity index (χ1) is 15.1. The second-order valence-electron chi connectivity index (χ2n) is 7.41. The van der Waals surface area contributed by atoms with E-state index in [1.807, 2.05) is 18.2 Å². The van der Waals surface area contributed by atoms with Gasteiger partial charge in [-0.05, 0) is 43.5 Å². The number of aryl methyl sites for hydroxylation is 1. The van der Waals surface area contributed by atoms with E-state index in [9.17, 15) is 15.3 Å². The maximum absolute atomic E-state index is 12.6. The lowest BCUT2D eigenvalue weighted by Gasteiger charge is -2.11. The summed E-state index contributed by atoms with van der Waals surface area (Å²) in [6.07, 6.45) is 9.86. The second kappa shape index (κ2) is 13.5. The Balaban J connectivity index is 2.05. The maximum atomic E-state index is 12.6. The largest absolute Gasteiger partial charge is 0.492 e. The Bertz CT molecular complexity index is 937. The highest BCUT2D eigenvalue weighted by Crippen LogP contribution is 2.31. The molecule has 0 aliphatic carbocycles. The van der Waals surface area contributed by atoms with Crippen molar-refractivity contribution in [3.63, 3.8) is 0 Å². The van der Waals surface area contributed by atoms with Crippen LogP contribution in [0.5, 0.6) is 11.5 Å². The molecule has 0 radical (unpaired) electrons. The van der Waals surface area contributed by atoms with Crippen molar-refractivity contribution in [2.75, 3.05) is 6.61 Å². The van der Waals surface area contributed by atoms with Crippen molar-refractivity contribution < 1.29 is 14.3 Å². The molecule has 0 saturated carbocycles. The Labute approximate surface area is 189 Å². The van der Waals surface area contributed by atoms with Gasteiger partial charge in [-0.2, -0.15) is 10.5 Å². The predicted molar refractivity (Wildman–Crippen MR) is 123 cm³/mol. The second-order valence-corrected chi connectivity index (χ2v) is 8.58. The molecule has 0 spiro atoms. The van der Waals surface area contributed by atoms with Gasteiger partial charge in [0, 0.05) is 4.88 Å². The third kappa shape index (κ3) is 7.42. The zero-order valence-corrected chi connectivity index (χ0v) is 19.2. The molecule has 0 bridgehead atoms. The summed E-state index contributed by atoms with van der Waals surface area (Å²) in [5.74, 6) is -0.0838. The molecule has 0 aliphatic heterocycles. The van der Waals surface area contributed by atoms with Gasteiger partial charge in [0.25, 0.3) is 0 Å². The van der Waals surface area contributed by atoms with Crippen molar-refractivity contribution in [3.05, 3.63) is 45.1 Å². The molecule has 0 unspecified atom stereocenters. The van der Waals surface area contributed by atoms with E-state index < -0.39 is 5.97 Å². The predicted octanol–water partition coefficient (Wildman–Crippen LogP) is 6.79. The maximum Gasteiger partial charge on any atom is 0.353 e. The van der Waals surface area contributed by atoms with Crippen LogP contribution in [0.3, 0.4) is 0 Å². The van der Waals surface area contributed by atoms with E-state index in [2.05, 4.69) is 13.8 Å². The lowest BCUT2D eigenvalue weighted by Crippen LogP contribution is -2.09. The zero-order chi connectivity index (χ0) is 22.5. The van der Waals surface area contributed by atoms with Crippen LogP contribution in [0.15, 0.2) is 24.3 Å².